The van der Waals surface area contributed by atoms with E-state index in [9.17, 15) is 4.79 Å². The Labute approximate surface area is 173 Å². The third-order valence-corrected chi connectivity index (χ3v) is 6.98. The second-order valence-electron chi connectivity index (χ2n) is 9.48. The molecule has 29 heavy (non-hydrogen) atoms. The number of hydrogen-bond donors (Lipinski definition) is 1. The predicted octanol–water partition coefficient (Wildman–Crippen LogP) is 5.66. The Kier molecular flexibility index (Phi) is 4.34. The maximum atomic E-state index is 12.6. The molecule has 1 N–H and O–H groups in total. The van der Waals surface area contributed by atoms with E-state index in [-0.39, 0.29) is 5.91 Å². The fourth-order valence-corrected chi connectivity index (χ4v) is 5.45. The molecule has 2 bridgehead atoms. The molecule has 152 valence electrons. The minimum Gasteiger partial charge on any atom is -0.491 e. The quantitative estimate of drug-likeness (QED) is 0.732. The monoisotopic (exact) mass is 390 g/mol. The number of carbonyl (C=O) groups is 1. The molecule has 3 saturated carbocycles. The van der Waals surface area contributed by atoms with Crippen LogP contribution in [0.15, 0.2) is 30.3 Å². The Morgan fingerprint density at radius 3 is 2.52 bits per heavy atom. The number of fused-ring (bicyclic) bond motifs is 1. The summed E-state index contributed by atoms with van der Waals surface area (Å²) in [6, 6.07) is 10.8. The number of aryl methyl sites for hydroxylation is 3. The summed E-state index contributed by atoms with van der Waals surface area (Å²) in [6.07, 6.45) is 5.43. The lowest BCUT2D eigenvalue weighted by Gasteiger charge is -2.61. The van der Waals surface area contributed by atoms with Crippen LogP contribution in [0.3, 0.4) is 0 Å². The molecule has 0 radical (unpaired) electrons. The highest BCUT2D eigenvalue weighted by Gasteiger charge is 2.56. The van der Waals surface area contributed by atoms with Gasteiger partial charge >= 0.3 is 0 Å². The third kappa shape index (κ3) is 3.29. The van der Waals surface area contributed by atoms with E-state index in [0.717, 1.165) is 59.4 Å². The number of anilines is 3. The molecule has 1 amide bonds. The fourth-order valence-electron chi connectivity index (χ4n) is 5.45. The molecule has 4 nitrogen and oxygen atoms in total. The summed E-state index contributed by atoms with van der Waals surface area (Å²) in [6.45, 7) is 7.94. The van der Waals surface area contributed by atoms with Crippen molar-refractivity contribution in [3.8, 4) is 5.75 Å². The average molecular weight is 391 g/mol. The van der Waals surface area contributed by atoms with Gasteiger partial charge in [0.1, 0.15) is 5.75 Å². The van der Waals surface area contributed by atoms with Crippen LogP contribution in [0.2, 0.25) is 0 Å². The second kappa shape index (κ2) is 6.79. The Balaban J connectivity index is 1.40. The predicted molar refractivity (Wildman–Crippen MR) is 117 cm³/mol. The highest BCUT2D eigenvalue weighted by Crippen LogP contribution is 2.66. The van der Waals surface area contributed by atoms with Gasteiger partial charge in [-0.1, -0.05) is 6.07 Å². The Hall–Kier alpha value is -2.49. The highest BCUT2D eigenvalue weighted by molar-refractivity contribution is 5.93. The molecule has 0 spiro atoms. The van der Waals surface area contributed by atoms with Gasteiger partial charge in [-0.2, -0.15) is 0 Å². The second-order valence-corrected chi connectivity index (χ2v) is 9.48. The number of amides is 1. The molecule has 0 unspecified atom stereocenters. The number of nitrogens with zero attached hydrogens (tertiary/aromatic N) is 1. The molecule has 6 rings (SSSR count). The van der Waals surface area contributed by atoms with Gasteiger partial charge in [-0.15, -0.1) is 0 Å². The van der Waals surface area contributed by atoms with Crippen LogP contribution < -0.4 is 15.0 Å². The van der Waals surface area contributed by atoms with Gasteiger partial charge in [0.25, 0.3) is 0 Å². The van der Waals surface area contributed by atoms with Gasteiger partial charge in [0.05, 0.1) is 12.3 Å². The van der Waals surface area contributed by atoms with Crippen molar-refractivity contribution in [2.24, 2.45) is 11.3 Å². The van der Waals surface area contributed by atoms with Gasteiger partial charge in [-0.05, 0) is 98.7 Å². The van der Waals surface area contributed by atoms with Crippen molar-refractivity contribution in [3.05, 3.63) is 47.0 Å². The van der Waals surface area contributed by atoms with Crippen LogP contribution in [0.5, 0.6) is 5.75 Å². The van der Waals surface area contributed by atoms with Crippen molar-refractivity contribution >= 4 is 23.0 Å². The molecule has 1 aliphatic heterocycles. The van der Waals surface area contributed by atoms with E-state index >= 15 is 0 Å². The van der Waals surface area contributed by atoms with Gasteiger partial charge < -0.3 is 15.0 Å². The Morgan fingerprint density at radius 2 is 1.86 bits per heavy atom. The van der Waals surface area contributed by atoms with E-state index < -0.39 is 0 Å². The summed E-state index contributed by atoms with van der Waals surface area (Å²) >= 11 is 0. The topological polar surface area (TPSA) is 41.6 Å². The maximum absolute atomic E-state index is 12.6. The molecule has 1 heterocycles. The Bertz CT molecular complexity index is 941. The van der Waals surface area contributed by atoms with E-state index in [2.05, 4.69) is 61.3 Å². The van der Waals surface area contributed by atoms with Gasteiger partial charge in [0.2, 0.25) is 5.91 Å². The first kappa shape index (κ1) is 18.5. The minimum atomic E-state index is 0.172. The normalized spacial score (nSPS) is 24.5. The molecule has 2 aromatic carbocycles. The zero-order valence-corrected chi connectivity index (χ0v) is 17.7. The van der Waals surface area contributed by atoms with Crippen molar-refractivity contribution in [2.75, 3.05) is 23.4 Å². The molecule has 0 saturated heterocycles. The van der Waals surface area contributed by atoms with Crippen molar-refractivity contribution in [2.45, 2.75) is 52.9 Å². The third-order valence-electron chi connectivity index (χ3n) is 6.98. The number of carbonyl (C=O) groups excluding carboxylic acids is 1. The minimum absolute atomic E-state index is 0.172. The summed E-state index contributed by atoms with van der Waals surface area (Å²) in [5, 5.41) is 3.21. The van der Waals surface area contributed by atoms with E-state index in [1.54, 1.807) is 0 Å². The van der Waals surface area contributed by atoms with Crippen molar-refractivity contribution < 1.29 is 9.53 Å². The van der Waals surface area contributed by atoms with Crippen molar-refractivity contribution in [1.82, 2.24) is 0 Å². The summed E-state index contributed by atoms with van der Waals surface area (Å²) in [5.41, 5.74) is 7.03. The molecular formula is C25H30N2O2. The van der Waals surface area contributed by atoms with Crippen LogP contribution in [-0.4, -0.2) is 19.1 Å². The fraction of sp³-hybridized carbons (Fsp3) is 0.480. The zero-order valence-electron chi connectivity index (χ0n) is 17.7. The molecular weight excluding hydrogens is 360 g/mol. The Morgan fingerprint density at radius 1 is 1.14 bits per heavy atom. The molecule has 3 aliphatic carbocycles. The lowest BCUT2D eigenvalue weighted by molar-refractivity contribution is -0.139. The summed E-state index contributed by atoms with van der Waals surface area (Å²) < 4.78 is 5.99. The standard InChI is InChI=1S/C25H30N2O2/c1-16-5-6-21-22(9-16)29-8-4-7-27(21)20-10-17(2)24(18(3)11-20)26-23(28)15-25-12-19(13-25)14-25/h5-6,9-11,19H,4,7-8,12-15H2,1-3H3,(H,26,28). The van der Waals surface area contributed by atoms with Gasteiger partial charge in [0.15, 0.2) is 0 Å². The number of ether oxygens (including phenoxy) is 1. The molecule has 4 aliphatic rings. The number of nitrogens with one attached hydrogen (secondary N) is 1. The van der Waals surface area contributed by atoms with Crippen LogP contribution in [0.25, 0.3) is 0 Å². The molecule has 0 atom stereocenters. The number of hydrogen-bond acceptors (Lipinski definition) is 3. The van der Waals surface area contributed by atoms with Crippen LogP contribution in [0.4, 0.5) is 17.1 Å². The van der Waals surface area contributed by atoms with E-state index in [0.29, 0.717) is 11.8 Å². The summed E-state index contributed by atoms with van der Waals surface area (Å²) in [7, 11) is 0. The first-order chi connectivity index (χ1) is 13.9. The lowest BCUT2D eigenvalue weighted by atomic mass is 9.43. The number of rotatable bonds is 4. The van der Waals surface area contributed by atoms with Gasteiger partial charge in [0, 0.05) is 24.3 Å². The van der Waals surface area contributed by atoms with Crippen LogP contribution in [0.1, 0.15) is 48.8 Å². The highest BCUT2D eigenvalue weighted by atomic mass is 16.5. The molecule has 2 aromatic rings. The van der Waals surface area contributed by atoms with Crippen LogP contribution in [-0.2, 0) is 4.79 Å². The maximum Gasteiger partial charge on any atom is 0.224 e. The van der Waals surface area contributed by atoms with E-state index in [4.69, 9.17) is 4.74 Å². The van der Waals surface area contributed by atoms with Crippen molar-refractivity contribution in [3.63, 3.8) is 0 Å². The first-order valence-corrected chi connectivity index (χ1v) is 10.8. The van der Waals surface area contributed by atoms with E-state index in [1.807, 2.05) is 0 Å². The SMILES string of the molecule is Cc1ccc2c(c1)OCCCN2c1cc(C)c(NC(=O)CC23CC(C2)C3)c(C)c1. The lowest BCUT2D eigenvalue weighted by Crippen LogP contribution is -2.53. The average Bonchev–Trinajstić information content (AvgIpc) is 2.82. The molecule has 4 heteroatoms. The number of benzene rings is 2. The van der Waals surface area contributed by atoms with Crippen LogP contribution in [0, 0.1) is 32.1 Å². The largest absolute Gasteiger partial charge is 0.491 e. The summed E-state index contributed by atoms with van der Waals surface area (Å²) in [5.74, 6) is 2.04. The molecule has 0 aromatic heterocycles. The van der Waals surface area contributed by atoms with Crippen LogP contribution >= 0.6 is 0 Å². The van der Waals surface area contributed by atoms with Gasteiger partial charge in [-0.3, -0.25) is 4.79 Å². The smallest absolute Gasteiger partial charge is 0.224 e. The first-order valence-electron chi connectivity index (χ1n) is 10.8. The summed E-state index contributed by atoms with van der Waals surface area (Å²) in [4.78, 5) is 15.0. The van der Waals surface area contributed by atoms with E-state index in [1.165, 1.54) is 24.8 Å². The van der Waals surface area contributed by atoms with Gasteiger partial charge in [-0.25, -0.2) is 0 Å². The molecule has 3 fully saturated rings. The zero-order chi connectivity index (χ0) is 20.2. The van der Waals surface area contributed by atoms with Crippen molar-refractivity contribution in [1.29, 1.82) is 0 Å².